The van der Waals surface area contributed by atoms with Gasteiger partial charge in [-0.05, 0) is 18.9 Å². The van der Waals surface area contributed by atoms with Crippen molar-refractivity contribution < 1.29 is 9.21 Å². The van der Waals surface area contributed by atoms with Gasteiger partial charge in [-0.3, -0.25) is 4.79 Å². The van der Waals surface area contributed by atoms with E-state index in [0.29, 0.717) is 23.3 Å². The van der Waals surface area contributed by atoms with Crippen LogP contribution in [0.25, 0.3) is 0 Å². The van der Waals surface area contributed by atoms with Crippen molar-refractivity contribution in [2.24, 2.45) is 0 Å². The number of carbonyl (C=O) groups is 1. The number of hydrogen-bond acceptors (Lipinski definition) is 7. The molecule has 0 bridgehead atoms. The number of carbonyl (C=O) groups excluding carboxylic acids is 1. The Labute approximate surface area is 134 Å². The smallest absolute Gasteiger partial charge is 0.254 e. The predicted octanol–water partition coefficient (Wildman–Crippen LogP) is 1.06. The summed E-state index contributed by atoms with van der Waals surface area (Å²) in [5.74, 6) is 1.60. The standard InChI is InChI=1S/C15H20N6O2/c1-20(2)14-17-12(9-16-13(22)11-5-8-23-10-11)18-15(19-14)21-6-3-4-7-21/h5,8,10H,3-4,6-7,9H2,1-2H3,(H,16,22). The molecule has 0 atom stereocenters. The van der Waals surface area contributed by atoms with Crippen molar-refractivity contribution in [1.82, 2.24) is 20.3 Å². The van der Waals surface area contributed by atoms with Crippen LogP contribution in [0.2, 0.25) is 0 Å². The maximum absolute atomic E-state index is 12.0. The molecule has 8 heteroatoms. The van der Waals surface area contributed by atoms with Crippen molar-refractivity contribution in [1.29, 1.82) is 0 Å². The molecule has 122 valence electrons. The number of hydrogen-bond donors (Lipinski definition) is 1. The zero-order valence-electron chi connectivity index (χ0n) is 13.3. The molecule has 0 saturated carbocycles. The van der Waals surface area contributed by atoms with Crippen LogP contribution in [0.1, 0.15) is 29.0 Å². The lowest BCUT2D eigenvalue weighted by atomic mass is 10.3. The summed E-state index contributed by atoms with van der Waals surface area (Å²) in [5.41, 5.74) is 0.478. The highest BCUT2D eigenvalue weighted by Crippen LogP contribution is 2.18. The minimum Gasteiger partial charge on any atom is -0.472 e. The molecular weight excluding hydrogens is 296 g/mol. The summed E-state index contributed by atoms with van der Waals surface area (Å²) in [6.07, 6.45) is 5.17. The Morgan fingerprint density at radius 3 is 2.74 bits per heavy atom. The van der Waals surface area contributed by atoms with Gasteiger partial charge in [-0.2, -0.15) is 15.0 Å². The van der Waals surface area contributed by atoms with Crippen LogP contribution in [-0.4, -0.2) is 48.0 Å². The second kappa shape index (κ2) is 6.64. The number of anilines is 2. The van der Waals surface area contributed by atoms with E-state index in [4.69, 9.17) is 4.42 Å². The van der Waals surface area contributed by atoms with Crippen LogP contribution >= 0.6 is 0 Å². The number of nitrogens with one attached hydrogen (secondary N) is 1. The molecule has 1 aliphatic rings. The molecule has 0 aromatic carbocycles. The zero-order valence-corrected chi connectivity index (χ0v) is 13.3. The molecule has 23 heavy (non-hydrogen) atoms. The minimum atomic E-state index is -0.215. The first kappa shape index (κ1) is 15.3. The molecule has 0 unspecified atom stereocenters. The maximum Gasteiger partial charge on any atom is 0.254 e. The molecule has 1 aliphatic heterocycles. The van der Waals surface area contributed by atoms with Crippen LogP contribution in [0.5, 0.6) is 0 Å². The SMILES string of the molecule is CN(C)c1nc(CNC(=O)c2ccoc2)nc(N2CCCC2)n1. The number of amides is 1. The van der Waals surface area contributed by atoms with E-state index in [1.165, 1.54) is 12.5 Å². The molecule has 0 spiro atoms. The van der Waals surface area contributed by atoms with Gasteiger partial charge in [0.05, 0.1) is 18.4 Å². The van der Waals surface area contributed by atoms with Crippen LogP contribution in [0.4, 0.5) is 11.9 Å². The van der Waals surface area contributed by atoms with Crippen molar-refractivity contribution in [3.63, 3.8) is 0 Å². The summed E-state index contributed by atoms with van der Waals surface area (Å²) >= 11 is 0. The van der Waals surface area contributed by atoms with Crippen LogP contribution in [-0.2, 0) is 6.54 Å². The fourth-order valence-corrected chi connectivity index (χ4v) is 2.39. The summed E-state index contributed by atoms with van der Waals surface area (Å²) in [5, 5.41) is 2.80. The molecule has 1 N–H and O–H groups in total. The van der Waals surface area contributed by atoms with E-state index in [2.05, 4.69) is 25.2 Å². The molecule has 1 amide bonds. The molecule has 8 nitrogen and oxygen atoms in total. The second-order valence-corrected chi connectivity index (χ2v) is 5.63. The summed E-state index contributed by atoms with van der Waals surface area (Å²) in [4.78, 5) is 29.3. The lowest BCUT2D eigenvalue weighted by Gasteiger charge is -2.18. The van der Waals surface area contributed by atoms with E-state index in [9.17, 15) is 4.79 Å². The Bertz CT molecular complexity index is 665. The molecular formula is C15H20N6O2. The first-order valence-corrected chi connectivity index (χ1v) is 7.61. The van der Waals surface area contributed by atoms with E-state index in [-0.39, 0.29) is 12.5 Å². The van der Waals surface area contributed by atoms with Gasteiger partial charge in [-0.1, -0.05) is 0 Å². The van der Waals surface area contributed by atoms with Gasteiger partial charge in [-0.15, -0.1) is 0 Å². The molecule has 3 rings (SSSR count). The highest BCUT2D eigenvalue weighted by atomic mass is 16.3. The normalized spacial score (nSPS) is 14.1. The Hall–Kier alpha value is -2.64. The fourth-order valence-electron chi connectivity index (χ4n) is 2.39. The third kappa shape index (κ3) is 3.58. The average Bonchev–Trinajstić information content (AvgIpc) is 3.25. The van der Waals surface area contributed by atoms with Gasteiger partial charge in [-0.25, -0.2) is 0 Å². The van der Waals surface area contributed by atoms with Gasteiger partial charge in [0.25, 0.3) is 5.91 Å². The quantitative estimate of drug-likeness (QED) is 0.882. The molecule has 1 saturated heterocycles. The van der Waals surface area contributed by atoms with E-state index in [0.717, 1.165) is 25.9 Å². The van der Waals surface area contributed by atoms with Crippen molar-refractivity contribution >= 4 is 17.8 Å². The van der Waals surface area contributed by atoms with Crippen molar-refractivity contribution in [2.45, 2.75) is 19.4 Å². The Balaban J connectivity index is 1.76. The average molecular weight is 316 g/mol. The first-order valence-electron chi connectivity index (χ1n) is 7.61. The Morgan fingerprint density at radius 2 is 2.09 bits per heavy atom. The van der Waals surface area contributed by atoms with Gasteiger partial charge >= 0.3 is 0 Å². The fraction of sp³-hybridized carbons (Fsp3) is 0.467. The summed E-state index contributed by atoms with van der Waals surface area (Å²) in [6, 6.07) is 1.61. The van der Waals surface area contributed by atoms with Crippen LogP contribution in [0.15, 0.2) is 23.0 Å². The van der Waals surface area contributed by atoms with Gasteiger partial charge in [0, 0.05) is 27.2 Å². The van der Waals surface area contributed by atoms with Crippen LogP contribution < -0.4 is 15.1 Å². The molecule has 2 aromatic rings. The largest absolute Gasteiger partial charge is 0.472 e. The lowest BCUT2D eigenvalue weighted by Crippen LogP contribution is -2.27. The van der Waals surface area contributed by atoms with Gasteiger partial charge in [0.1, 0.15) is 6.26 Å². The molecule has 0 radical (unpaired) electrons. The number of aromatic nitrogens is 3. The van der Waals surface area contributed by atoms with E-state index < -0.39 is 0 Å². The molecule has 0 aliphatic carbocycles. The number of nitrogens with zero attached hydrogens (tertiary/aromatic N) is 5. The van der Waals surface area contributed by atoms with Crippen molar-refractivity contribution in [3.05, 3.63) is 30.0 Å². The maximum atomic E-state index is 12.0. The van der Waals surface area contributed by atoms with Gasteiger partial charge in [0.15, 0.2) is 5.82 Å². The van der Waals surface area contributed by atoms with Crippen molar-refractivity contribution in [2.75, 3.05) is 37.0 Å². The monoisotopic (exact) mass is 316 g/mol. The molecule has 1 fully saturated rings. The third-order valence-electron chi connectivity index (χ3n) is 3.64. The van der Waals surface area contributed by atoms with Gasteiger partial charge in [0.2, 0.25) is 11.9 Å². The third-order valence-corrected chi connectivity index (χ3v) is 3.64. The van der Waals surface area contributed by atoms with Crippen LogP contribution in [0, 0.1) is 0 Å². The van der Waals surface area contributed by atoms with Crippen LogP contribution in [0.3, 0.4) is 0 Å². The summed E-state index contributed by atoms with van der Waals surface area (Å²) in [7, 11) is 3.77. The van der Waals surface area contributed by atoms with E-state index in [1.807, 2.05) is 19.0 Å². The first-order chi connectivity index (χ1) is 11.1. The minimum absolute atomic E-state index is 0.215. The van der Waals surface area contributed by atoms with E-state index >= 15 is 0 Å². The predicted molar refractivity (Wildman–Crippen MR) is 85.5 cm³/mol. The zero-order chi connectivity index (χ0) is 16.2. The number of rotatable bonds is 5. The number of furan rings is 1. The summed E-state index contributed by atoms with van der Waals surface area (Å²) in [6.45, 7) is 2.16. The molecule has 3 heterocycles. The van der Waals surface area contributed by atoms with Crippen molar-refractivity contribution in [3.8, 4) is 0 Å². The van der Waals surface area contributed by atoms with E-state index in [1.54, 1.807) is 6.07 Å². The topological polar surface area (TPSA) is 87.4 Å². The highest BCUT2D eigenvalue weighted by molar-refractivity contribution is 5.93. The highest BCUT2D eigenvalue weighted by Gasteiger charge is 2.18. The molecule has 2 aromatic heterocycles. The van der Waals surface area contributed by atoms with Gasteiger partial charge < -0.3 is 19.5 Å². The summed E-state index contributed by atoms with van der Waals surface area (Å²) < 4.78 is 4.91. The Morgan fingerprint density at radius 1 is 1.30 bits per heavy atom. The lowest BCUT2D eigenvalue weighted by molar-refractivity contribution is 0.0949. The second-order valence-electron chi connectivity index (χ2n) is 5.63. The Kier molecular flexibility index (Phi) is 4.40.